The van der Waals surface area contributed by atoms with Crippen LogP contribution in [0.15, 0.2) is 90.7 Å². The number of methoxy groups -OCH3 is 1. The number of primary amides is 1. The van der Waals surface area contributed by atoms with Crippen LogP contribution in [0.4, 0.5) is 11.4 Å². The molecular formula is C31H26Br4N4O8. The van der Waals surface area contributed by atoms with Gasteiger partial charge in [-0.1, -0.05) is 0 Å². The SMILES string of the molecule is COC(=O)CNC(=O)c1cc(Br)c(Oc2ccc(N)cc2)c(Br)c1.NC(=O)C(C(=O)O)c1cc(Br)c(Oc2ccc(N)cc2)c(Br)c1. The van der Waals surface area contributed by atoms with E-state index in [1.165, 1.54) is 19.2 Å². The Balaban J connectivity index is 0.000000256. The molecule has 0 bridgehead atoms. The number of carboxylic acid groups (broad SMARTS) is 1. The average Bonchev–Trinajstić information content (AvgIpc) is 3.01. The highest BCUT2D eigenvalue weighted by Crippen LogP contribution is 2.40. The zero-order valence-electron chi connectivity index (χ0n) is 24.3. The monoisotopic (exact) mass is 898 g/mol. The van der Waals surface area contributed by atoms with Gasteiger partial charge in [-0.05, 0) is 142 Å². The highest BCUT2D eigenvalue weighted by atomic mass is 79.9. The van der Waals surface area contributed by atoms with Gasteiger partial charge in [-0.15, -0.1) is 0 Å². The van der Waals surface area contributed by atoms with Crippen molar-refractivity contribution in [1.82, 2.24) is 5.32 Å². The second-order valence-electron chi connectivity index (χ2n) is 9.36. The third-order valence-electron chi connectivity index (χ3n) is 5.97. The quantitative estimate of drug-likeness (QED) is 0.0645. The van der Waals surface area contributed by atoms with Gasteiger partial charge in [0.1, 0.15) is 18.0 Å². The number of hydrogen-bond acceptors (Lipinski definition) is 9. The smallest absolute Gasteiger partial charge is 0.325 e. The predicted molar refractivity (Wildman–Crippen MR) is 189 cm³/mol. The largest absolute Gasteiger partial charge is 0.480 e. The van der Waals surface area contributed by atoms with E-state index in [1.54, 1.807) is 60.7 Å². The Labute approximate surface area is 302 Å². The van der Waals surface area contributed by atoms with E-state index in [0.29, 0.717) is 57.8 Å². The number of hydrogen-bond donors (Lipinski definition) is 5. The van der Waals surface area contributed by atoms with Crippen molar-refractivity contribution in [2.45, 2.75) is 5.92 Å². The van der Waals surface area contributed by atoms with Gasteiger partial charge in [-0.3, -0.25) is 19.2 Å². The number of rotatable bonds is 10. The number of nitrogens with one attached hydrogen (secondary N) is 1. The first-order chi connectivity index (χ1) is 22.2. The van der Waals surface area contributed by atoms with Crippen molar-refractivity contribution >= 4 is 98.8 Å². The Morgan fingerprint density at radius 2 is 1.15 bits per heavy atom. The van der Waals surface area contributed by atoms with E-state index in [4.69, 9.17) is 31.8 Å². The first-order valence-corrected chi connectivity index (χ1v) is 16.3. The molecule has 4 aromatic rings. The molecule has 4 rings (SSSR count). The van der Waals surface area contributed by atoms with Gasteiger partial charge in [0, 0.05) is 16.9 Å². The Morgan fingerprint density at radius 3 is 1.51 bits per heavy atom. The standard InChI is InChI=1S/C16H14Br2N2O4.C15H12Br2N2O4/c1-23-14(21)8-20-16(22)9-6-12(17)15(13(18)7-9)24-11-4-2-10(19)3-5-11;16-10-5-7(12(14(19)20)15(21)22)6-11(17)13(10)23-9-3-1-8(18)2-4-9/h2-7H,8,19H2,1H3,(H,20,22);1-6,12H,18H2,(H2,19,20)(H,21,22). The highest BCUT2D eigenvalue weighted by molar-refractivity contribution is 9.11. The number of carboxylic acids is 1. The molecule has 0 spiro atoms. The molecule has 1 atom stereocenters. The first kappa shape index (κ1) is 37.3. The van der Waals surface area contributed by atoms with Gasteiger partial charge in [0.15, 0.2) is 17.4 Å². The molecule has 0 aromatic heterocycles. The normalized spacial score (nSPS) is 10.9. The number of halogens is 4. The molecule has 2 amide bonds. The van der Waals surface area contributed by atoms with Crippen LogP contribution >= 0.6 is 63.7 Å². The minimum absolute atomic E-state index is 0.200. The van der Waals surface area contributed by atoms with Crippen LogP contribution in [-0.2, 0) is 19.1 Å². The minimum Gasteiger partial charge on any atom is -0.480 e. The number of carbonyl (C=O) groups is 4. The predicted octanol–water partition coefficient (Wildman–Crippen LogP) is 6.73. The summed E-state index contributed by atoms with van der Waals surface area (Å²) in [7, 11) is 1.25. The summed E-state index contributed by atoms with van der Waals surface area (Å²) in [6.07, 6.45) is 0. The van der Waals surface area contributed by atoms with E-state index >= 15 is 0 Å². The number of amides is 2. The van der Waals surface area contributed by atoms with Crippen molar-refractivity contribution < 1.29 is 38.5 Å². The zero-order valence-corrected chi connectivity index (χ0v) is 30.6. The molecule has 246 valence electrons. The van der Waals surface area contributed by atoms with Crippen molar-refractivity contribution in [3.63, 3.8) is 0 Å². The van der Waals surface area contributed by atoms with Gasteiger partial charge in [0.25, 0.3) is 5.91 Å². The van der Waals surface area contributed by atoms with E-state index in [9.17, 15) is 19.2 Å². The number of carbonyl (C=O) groups excluding carboxylic acids is 3. The molecule has 16 heteroatoms. The summed E-state index contributed by atoms with van der Waals surface area (Å²) in [6.45, 7) is -0.200. The first-order valence-electron chi connectivity index (χ1n) is 13.1. The van der Waals surface area contributed by atoms with E-state index < -0.39 is 29.7 Å². The maximum absolute atomic E-state index is 12.1. The topological polar surface area (TPSA) is 206 Å². The molecule has 4 aromatic carbocycles. The molecule has 0 radical (unpaired) electrons. The van der Waals surface area contributed by atoms with Crippen molar-refractivity contribution in [1.29, 1.82) is 0 Å². The second kappa shape index (κ2) is 17.2. The van der Waals surface area contributed by atoms with Crippen LogP contribution in [0.2, 0.25) is 0 Å². The molecule has 0 saturated carbocycles. The van der Waals surface area contributed by atoms with Gasteiger partial charge in [0.05, 0.1) is 25.0 Å². The van der Waals surface area contributed by atoms with Crippen molar-refractivity contribution in [2.24, 2.45) is 5.73 Å². The lowest BCUT2D eigenvalue weighted by molar-refractivity contribution is -0.142. The molecule has 0 aliphatic heterocycles. The Hall–Kier alpha value is -4.12. The van der Waals surface area contributed by atoms with E-state index in [0.717, 1.165) is 0 Å². The summed E-state index contributed by atoms with van der Waals surface area (Å²) in [6, 6.07) is 19.9. The number of benzene rings is 4. The lowest BCUT2D eigenvalue weighted by Gasteiger charge is -2.14. The minimum atomic E-state index is -1.44. The molecule has 0 heterocycles. The van der Waals surface area contributed by atoms with Crippen LogP contribution in [-0.4, -0.2) is 42.5 Å². The molecule has 12 nitrogen and oxygen atoms in total. The van der Waals surface area contributed by atoms with Crippen LogP contribution in [0.1, 0.15) is 21.8 Å². The summed E-state index contributed by atoms with van der Waals surface area (Å²) < 4.78 is 18.1. The maximum atomic E-state index is 12.1. The fraction of sp³-hybridized carbons (Fsp3) is 0.0968. The Morgan fingerprint density at radius 1 is 0.745 bits per heavy atom. The van der Waals surface area contributed by atoms with Crippen LogP contribution in [0, 0.1) is 0 Å². The Bertz CT molecular complexity index is 1730. The number of aliphatic carboxylic acids is 1. The van der Waals surface area contributed by atoms with Gasteiger partial charge < -0.3 is 41.8 Å². The lowest BCUT2D eigenvalue weighted by atomic mass is 9.99. The molecule has 0 fully saturated rings. The van der Waals surface area contributed by atoms with Gasteiger partial charge in [-0.2, -0.15) is 0 Å². The summed E-state index contributed by atoms with van der Waals surface area (Å²) >= 11 is 13.4. The van der Waals surface area contributed by atoms with Crippen molar-refractivity contribution in [2.75, 3.05) is 25.1 Å². The maximum Gasteiger partial charge on any atom is 0.325 e. The highest BCUT2D eigenvalue weighted by Gasteiger charge is 2.27. The molecular weight excluding hydrogens is 876 g/mol. The summed E-state index contributed by atoms with van der Waals surface area (Å²) in [5.74, 6) is -2.51. The second-order valence-corrected chi connectivity index (χ2v) is 12.8. The van der Waals surface area contributed by atoms with Crippen LogP contribution in [0.3, 0.4) is 0 Å². The van der Waals surface area contributed by atoms with E-state index in [-0.39, 0.29) is 12.1 Å². The van der Waals surface area contributed by atoms with Crippen LogP contribution in [0.5, 0.6) is 23.0 Å². The molecule has 1 unspecified atom stereocenters. The van der Waals surface area contributed by atoms with Crippen molar-refractivity contribution in [3.05, 3.63) is 102 Å². The lowest BCUT2D eigenvalue weighted by Crippen LogP contribution is -2.30. The van der Waals surface area contributed by atoms with Gasteiger partial charge in [-0.25, -0.2) is 0 Å². The van der Waals surface area contributed by atoms with Gasteiger partial charge in [0.2, 0.25) is 5.91 Å². The Kier molecular flexibility index (Phi) is 13.6. The van der Waals surface area contributed by atoms with Crippen LogP contribution < -0.4 is 32.0 Å². The molecule has 0 saturated heterocycles. The zero-order chi connectivity index (χ0) is 34.8. The third kappa shape index (κ3) is 10.7. The summed E-state index contributed by atoms with van der Waals surface area (Å²) in [5, 5.41) is 11.6. The number of nitrogens with two attached hydrogens (primary N) is 3. The number of nitrogen functional groups attached to an aromatic ring is 2. The molecule has 8 N–H and O–H groups in total. The molecule has 0 aliphatic carbocycles. The fourth-order valence-corrected chi connectivity index (χ4v) is 6.43. The van der Waals surface area contributed by atoms with Crippen LogP contribution in [0.25, 0.3) is 0 Å². The van der Waals surface area contributed by atoms with Crippen molar-refractivity contribution in [3.8, 4) is 23.0 Å². The average molecular weight is 902 g/mol. The van der Waals surface area contributed by atoms with Gasteiger partial charge >= 0.3 is 11.9 Å². The third-order valence-corrected chi connectivity index (χ3v) is 8.32. The number of ether oxygens (including phenoxy) is 3. The summed E-state index contributed by atoms with van der Waals surface area (Å²) in [5.41, 5.74) is 18.3. The molecule has 0 aliphatic rings. The van der Waals surface area contributed by atoms with E-state index in [2.05, 4.69) is 73.8 Å². The number of anilines is 2. The van der Waals surface area contributed by atoms with E-state index in [1.807, 2.05) is 0 Å². The number of esters is 1. The molecule has 47 heavy (non-hydrogen) atoms. The fourth-order valence-electron chi connectivity index (χ4n) is 3.69. The summed E-state index contributed by atoms with van der Waals surface area (Å²) in [4.78, 5) is 45.7.